The molecule has 2 rings (SSSR count). The summed E-state index contributed by atoms with van der Waals surface area (Å²) in [4.78, 5) is 4.88. The highest BCUT2D eigenvalue weighted by Gasteiger charge is 2.31. The monoisotopic (exact) mass is 339 g/mol. The minimum Gasteiger partial charge on any atom is -0.329 e. The first-order valence-corrected chi connectivity index (χ1v) is 8.18. The first-order valence-electron chi connectivity index (χ1n) is 7.39. The smallest absolute Gasteiger partial charge is 0.0474 e. The van der Waals surface area contributed by atoms with Gasteiger partial charge in [-0.25, -0.2) is 0 Å². The standard InChI is InChI=1S/C16H26BrN3/c1-12-9-13(6-7-15(12)17)16(10-18)20-8-4-5-14(20)11-19(2)3/h6-7,9,14,16H,4-5,8,10-11,18H2,1-3H3. The van der Waals surface area contributed by atoms with E-state index >= 15 is 0 Å². The normalized spacial score (nSPS) is 21.6. The molecule has 0 aliphatic carbocycles. The minimum atomic E-state index is 0.342. The fourth-order valence-electron chi connectivity index (χ4n) is 3.22. The fraction of sp³-hybridized carbons (Fsp3) is 0.625. The molecule has 1 aliphatic rings. The summed E-state index contributed by atoms with van der Waals surface area (Å²) in [5.74, 6) is 0. The number of aryl methyl sites for hydroxylation is 1. The molecule has 20 heavy (non-hydrogen) atoms. The number of halogens is 1. The lowest BCUT2D eigenvalue weighted by molar-refractivity contribution is 0.156. The number of nitrogens with zero attached hydrogens (tertiary/aromatic N) is 2. The lowest BCUT2D eigenvalue weighted by atomic mass is 10.0. The molecule has 0 spiro atoms. The summed E-state index contributed by atoms with van der Waals surface area (Å²) >= 11 is 3.58. The van der Waals surface area contributed by atoms with E-state index in [2.05, 4.69) is 64.9 Å². The number of likely N-dealkylation sites (N-methyl/N-ethyl adjacent to an activating group) is 1. The zero-order chi connectivity index (χ0) is 14.7. The molecular weight excluding hydrogens is 314 g/mol. The van der Waals surface area contributed by atoms with Gasteiger partial charge in [0.25, 0.3) is 0 Å². The predicted octanol–water partition coefficient (Wildman–Crippen LogP) is 2.78. The van der Waals surface area contributed by atoms with Gasteiger partial charge < -0.3 is 10.6 Å². The summed E-state index contributed by atoms with van der Waals surface area (Å²) in [6.45, 7) is 5.11. The lowest BCUT2D eigenvalue weighted by Crippen LogP contribution is -2.42. The molecule has 0 saturated carbocycles. The van der Waals surface area contributed by atoms with Gasteiger partial charge in [-0.3, -0.25) is 4.90 Å². The van der Waals surface area contributed by atoms with E-state index in [1.807, 2.05) is 0 Å². The molecule has 112 valence electrons. The summed E-state index contributed by atoms with van der Waals surface area (Å²) in [7, 11) is 4.30. The lowest BCUT2D eigenvalue weighted by Gasteiger charge is -2.34. The van der Waals surface area contributed by atoms with Gasteiger partial charge in [0.1, 0.15) is 0 Å². The Morgan fingerprint density at radius 1 is 1.45 bits per heavy atom. The molecule has 4 heteroatoms. The van der Waals surface area contributed by atoms with Gasteiger partial charge in [-0.05, 0) is 57.6 Å². The number of rotatable bonds is 5. The second kappa shape index (κ2) is 7.03. The Morgan fingerprint density at radius 2 is 2.20 bits per heavy atom. The van der Waals surface area contributed by atoms with Gasteiger partial charge in [0, 0.05) is 29.6 Å². The maximum atomic E-state index is 6.10. The second-order valence-electron chi connectivity index (χ2n) is 6.06. The number of benzene rings is 1. The molecule has 1 saturated heterocycles. The quantitative estimate of drug-likeness (QED) is 0.895. The van der Waals surface area contributed by atoms with Crippen molar-refractivity contribution in [3.8, 4) is 0 Å². The molecule has 1 heterocycles. The molecule has 0 amide bonds. The van der Waals surface area contributed by atoms with E-state index in [0.717, 1.165) is 13.1 Å². The molecule has 2 atom stereocenters. The van der Waals surface area contributed by atoms with Crippen molar-refractivity contribution in [1.82, 2.24) is 9.80 Å². The number of hydrogen-bond donors (Lipinski definition) is 1. The summed E-state index contributed by atoms with van der Waals surface area (Å²) < 4.78 is 1.17. The first kappa shape index (κ1) is 16.0. The molecule has 0 radical (unpaired) electrons. The summed E-state index contributed by atoms with van der Waals surface area (Å²) in [6.07, 6.45) is 2.56. The van der Waals surface area contributed by atoms with Gasteiger partial charge in [-0.2, -0.15) is 0 Å². The highest BCUT2D eigenvalue weighted by atomic mass is 79.9. The number of hydrogen-bond acceptors (Lipinski definition) is 3. The predicted molar refractivity (Wildman–Crippen MR) is 89.0 cm³/mol. The molecule has 1 aliphatic heterocycles. The van der Waals surface area contributed by atoms with Crippen LogP contribution in [0.2, 0.25) is 0 Å². The van der Waals surface area contributed by atoms with Crippen LogP contribution >= 0.6 is 15.9 Å². The van der Waals surface area contributed by atoms with Gasteiger partial charge in [-0.1, -0.05) is 28.1 Å². The second-order valence-corrected chi connectivity index (χ2v) is 6.91. The van der Waals surface area contributed by atoms with Gasteiger partial charge in [0.2, 0.25) is 0 Å². The van der Waals surface area contributed by atoms with E-state index in [-0.39, 0.29) is 0 Å². The molecule has 1 aromatic rings. The van der Waals surface area contributed by atoms with Crippen LogP contribution in [0.3, 0.4) is 0 Å². The Kier molecular flexibility index (Phi) is 5.61. The number of likely N-dealkylation sites (tertiary alicyclic amines) is 1. The molecule has 2 N–H and O–H groups in total. The van der Waals surface area contributed by atoms with E-state index < -0.39 is 0 Å². The molecular formula is C16H26BrN3. The minimum absolute atomic E-state index is 0.342. The Bertz CT molecular complexity index is 447. The van der Waals surface area contributed by atoms with Crippen molar-refractivity contribution in [2.75, 3.05) is 33.7 Å². The van der Waals surface area contributed by atoms with E-state index in [4.69, 9.17) is 5.73 Å². The third-order valence-corrected chi connectivity index (χ3v) is 5.08. The molecule has 1 fully saturated rings. The zero-order valence-electron chi connectivity index (χ0n) is 12.8. The van der Waals surface area contributed by atoms with Gasteiger partial charge in [0.15, 0.2) is 0 Å². The largest absolute Gasteiger partial charge is 0.329 e. The molecule has 2 unspecified atom stereocenters. The highest BCUT2D eigenvalue weighted by Crippen LogP contribution is 2.30. The van der Waals surface area contributed by atoms with Crippen molar-refractivity contribution in [2.24, 2.45) is 5.73 Å². The van der Waals surface area contributed by atoms with Crippen molar-refractivity contribution in [1.29, 1.82) is 0 Å². The van der Waals surface area contributed by atoms with Crippen LogP contribution < -0.4 is 5.73 Å². The summed E-state index contributed by atoms with van der Waals surface area (Å²) in [6, 6.07) is 7.59. The van der Waals surface area contributed by atoms with Crippen LogP contribution in [0.4, 0.5) is 0 Å². The fourth-order valence-corrected chi connectivity index (χ4v) is 3.47. The van der Waals surface area contributed by atoms with Crippen LogP contribution in [0.1, 0.15) is 30.0 Å². The molecule has 3 nitrogen and oxygen atoms in total. The van der Waals surface area contributed by atoms with Crippen LogP contribution in [0, 0.1) is 6.92 Å². The molecule has 0 bridgehead atoms. The van der Waals surface area contributed by atoms with Crippen molar-refractivity contribution in [3.05, 3.63) is 33.8 Å². The van der Waals surface area contributed by atoms with E-state index in [0.29, 0.717) is 18.6 Å². The van der Waals surface area contributed by atoms with Crippen LogP contribution in [0.15, 0.2) is 22.7 Å². The van der Waals surface area contributed by atoms with Gasteiger partial charge >= 0.3 is 0 Å². The average Bonchev–Trinajstić information content (AvgIpc) is 2.82. The third-order valence-electron chi connectivity index (χ3n) is 4.19. The van der Waals surface area contributed by atoms with Crippen LogP contribution in [-0.4, -0.2) is 49.6 Å². The topological polar surface area (TPSA) is 32.5 Å². The molecule has 0 aromatic heterocycles. The summed E-state index contributed by atoms with van der Waals surface area (Å²) in [5.41, 5.74) is 8.73. The van der Waals surface area contributed by atoms with Crippen molar-refractivity contribution in [3.63, 3.8) is 0 Å². The summed E-state index contributed by atoms with van der Waals surface area (Å²) in [5, 5.41) is 0. The Hall–Kier alpha value is -0.420. The van der Waals surface area contributed by atoms with E-state index in [1.54, 1.807) is 0 Å². The van der Waals surface area contributed by atoms with Crippen molar-refractivity contribution >= 4 is 15.9 Å². The zero-order valence-corrected chi connectivity index (χ0v) is 14.4. The van der Waals surface area contributed by atoms with Crippen molar-refractivity contribution in [2.45, 2.75) is 31.8 Å². The Balaban J connectivity index is 2.20. The van der Waals surface area contributed by atoms with E-state index in [1.165, 1.54) is 28.4 Å². The maximum Gasteiger partial charge on any atom is 0.0474 e. The number of nitrogens with two attached hydrogens (primary N) is 1. The Morgan fingerprint density at radius 3 is 2.80 bits per heavy atom. The highest BCUT2D eigenvalue weighted by molar-refractivity contribution is 9.10. The maximum absolute atomic E-state index is 6.10. The third kappa shape index (κ3) is 3.61. The average molecular weight is 340 g/mol. The molecule has 1 aromatic carbocycles. The van der Waals surface area contributed by atoms with Crippen LogP contribution in [0.25, 0.3) is 0 Å². The van der Waals surface area contributed by atoms with Crippen molar-refractivity contribution < 1.29 is 0 Å². The van der Waals surface area contributed by atoms with Crippen LogP contribution in [-0.2, 0) is 0 Å². The SMILES string of the molecule is Cc1cc(C(CN)N2CCCC2CN(C)C)ccc1Br. The Labute approximate surface area is 131 Å². The van der Waals surface area contributed by atoms with E-state index in [9.17, 15) is 0 Å². The van der Waals surface area contributed by atoms with Crippen LogP contribution in [0.5, 0.6) is 0 Å². The van der Waals surface area contributed by atoms with Gasteiger partial charge in [-0.15, -0.1) is 0 Å². The first-order chi connectivity index (χ1) is 9.52. The van der Waals surface area contributed by atoms with Gasteiger partial charge in [0.05, 0.1) is 0 Å².